The van der Waals surface area contributed by atoms with Gasteiger partial charge in [0.05, 0.1) is 33.6 Å². The lowest BCUT2D eigenvalue weighted by Crippen LogP contribution is -1.94. The first-order chi connectivity index (χ1) is 31.2. The molecule has 0 radical (unpaired) electrons. The maximum atomic E-state index is 5.43. The third-order valence-corrected chi connectivity index (χ3v) is 12.2. The van der Waals surface area contributed by atoms with Crippen molar-refractivity contribution >= 4 is 43.5 Å². The zero-order valence-electron chi connectivity index (χ0n) is 34.1. The quantitative estimate of drug-likeness (QED) is 0.151. The summed E-state index contributed by atoms with van der Waals surface area (Å²) in [6, 6.07) is 71.2. The maximum Gasteiger partial charge on any atom is 0.0788 e. The van der Waals surface area contributed by atoms with Crippen molar-refractivity contribution in [3.05, 3.63) is 225 Å². The molecule has 0 bridgehead atoms. The second kappa shape index (κ2) is 15.2. The van der Waals surface area contributed by atoms with E-state index in [2.05, 4.69) is 190 Å². The summed E-state index contributed by atoms with van der Waals surface area (Å²) in [6.45, 7) is 0. The van der Waals surface area contributed by atoms with E-state index in [-0.39, 0.29) is 0 Å². The van der Waals surface area contributed by atoms with Crippen molar-refractivity contribution in [2.24, 2.45) is 0 Å². The van der Waals surface area contributed by atoms with Crippen LogP contribution in [0.1, 0.15) is 0 Å². The molecule has 0 saturated heterocycles. The third-order valence-electron chi connectivity index (χ3n) is 12.2. The van der Waals surface area contributed by atoms with E-state index < -0.39 is 0 Å². The van der Waals surface area contributed by atoms with Crippen LogP contribution >= 0.6 is 0 Å². The van der Waals surface area contributed by atoms with Gasteiger partial charge in [0.15, 0.2) is 0 Å². The molecular formula is C58H37N5. The molecule has 5 nitrogen and oxygen atoms in total. The molecule has 0 fully saturated rings. The molecule has 0 atom stereocenters. The van der Waals surface area contributed by atoms with E-state index in [0.29, 0.717) is 0 Å². The number of nitrogens with zero attached hydrogens (tertiary/aromatic N) is 5. The predicted molar refractivity (Wildman–Crippen MR) is 260 cm³/mol. The molecule has 294 valence electrons. The van der Waals surface area contributed by atoms with Gasteiger partial charge in [0.2, 0.25) is 0 Å². The molecule has 5 heteroatoms. The van der Waals surface area contributed by atoms with Crippen LogP contribution in [0.5, 0.6) is 0 Å². The van der Waals surface area contributed by atoms with Crippen LogP contribution in [0.2, 0.25) is 0 Å². The van der Waals surface area contributed by atoms with Crippen molar-refractivity contribution in [2.75, 3.05) is 0 Å². The summed E-state index contributed by atoms with van der Waals surface area (Å²) in [4.78, 5) is 19.1. The normalized spacial score (nSPS) is 11.5. The van der Waals surface area contributed by atoms with Gasteiger partial charge < -0.3 is 4.57 Å². The van der Waals surface area contributed by atoms with Gasteiger partial charge >= 0.3 is 0 Å². The first-order valence-electron chi connectivity index (χ1n) is 21.2. The average Bonchev–Trinajstić information content (AvgIpc) is 3.71. The number of para-hydroxylation sites is 3. The number of aromatic nitrogens is 5. The molecule has 0 N–H and O–H groups in total. The summed E-state index contributed by atoms with van der Waals surface area (Å²) in [7, 11) is 0. The third kappa shape index (κ3) is 6.42. The Morgan fingerprint density at radius 2 is 0.857 bits per heavy atom. The lowest BCUT2D eigenvalue weighted by Gasteiger charge is -2.14. The Bertz CT molecular complexity index is 3540. The molecule has 12 aromatic rings. The van der Waals surface area contributed by atoms with Crippen molar-refractivity contribution in [1.29, 1.82) is 0 Å². The molecule has 0 aliphatic rings. The molecule has 0 aliphatic heterocycles. The van der Waals surface area contributed by atoms with E-state index in [1.165, 1.54) is 27.2 Å². The van der Waals surface area contributed by atoms with E-state index in [1.54, 1.807) is 0 Å². The van der Waals surface area contributed by atoms with Crippen LogP contribution in [0, 0.1) is 0 Å². The molecule has 0 spiro atoms. The standard InChI is InChI=1S/C58H37N5/c1-2-11-47(12-3-1)63-54-16-7-5-14-49(54)57-55(63)26-25-50-56(57)48-13-4-6-15-51(48)62-58(50)45-10-8-9-44(35-45)46-36-52(42-21-17-38(18-22-42)40-27-31-59-32-28-40)61-53(37-46)43-23-19-39(20-24-43)41-29-33-60-34-30-41/h1-37H. The first kappa shape index (κ1) is 36.3. The van der Waals surface area contributed by atoms with E-state index in [0.717, 1.165) is 89.1 Å². The topological polar surface area (TPSA) is 56.5 Å². The van der Waals surface area contributed by atoms with Crippen LogP contribution in [0.3, 0.4) is 0 Å². The summed E-state index contributed by atoms with van der Waals surface area (Å²) in [5.41, 5.74) is 17.0. The molecule has 0 amide bonds. The van der Waals surface area contributed by atoms with Crippen LogP contribution in [-0.2, 0) is 0 Å². The predicted octanol–water partition coefficient (Wildman–Crippen LogP) is 14.7. The number of benzene rings is 7. The van der Waals surface area contributed by atoms with Gasteiger partial charge in [-0.25, -0.2) is 9.97 Å². The number of fused-ring (bicyclic) bond motifs is 7. The van der Waals surface area contributed by atoms with Gasteiger partial charge in [-0.05, 0) is 106 Å². The highest BCUT2D eigenvalue weighted by Crippen LogP contribution is 2.43. The zero-order chi connectivity index (χ0) is 41.7. The molecule has 63 heavy (non-hydrogen) atoms. The Morgan fingerprint density at radius 3 is 1.52 bits per heavy atom. The summed E-state index contributed by atoms with van der Waals surface area (Å²) in [6.07, 6.45) is 7.32. The highest BCUT2D eigenvalue weighted by molar-refractivity contribution is 6.29. The van der Waals surface area contributed by atoms with Gasteiger partial charge in [-0.15, -0.1) is 0 Å². The second-order valence-electron chi connectivity index (χ2n) is 15.9. The largest absolute Gasteiger partial charge is 0.309 e. The molecule has 5 aromatic heterocycles. The second-order valence-corrected chi connectivity index (χ2v) is 15.9. The fourth-order valence-corrected chi connectivity index (χ4v) is 9.17. The minimum absolute atomic E-state index is 0.902. The van der Waals surface area contributed by atoms with Gasteiger partial charge in [0.25, 0.3) is 0 Å². The van der Waals surface area contributed by atoms with E-state index in [1.807, 2.05) is 49.1 Å². The minimum Gasteiger partial charge on any atom is -0.309 e. The molecule has 0 unspecified atom stereocenters. The van der Waals surface area contributed by atoms with Crippen LogP contribution in [0.15, 0.2) is 225 Å². The fourth-order valence-electron chi connectivity index (χ4n) is 9.17. The Kier molecular flexibility index (Phi) is 8.75. The summed E-state index contributed by atoms with van der Waals surface area (Å²) in [5.74, 6) is 0. The van der Waals surface area contributed by atoms with Crippen LogP contribution < -0.4 is 0 Å². The average molecular weight is 804 g/mol. The zero-order valence-corrected chi connectivity index (χ0v) is 34.1. The molecule has 0 saturated carbocycles. The van der Waals surface area contributed by atoms with Crippen LogP contribution in [-0.4, -0.2) is 24.5 Å². The van der Waals surface area contributed by atoms with Gasteiger partial charge in [0, 0.05) is 74.1 Å². The van der Waals surface area contributed by atoms with Gasteiger partial charge in [-0.2, -0.15) is 0 Å². The maximum absolute atomic E-state index is 5.43. The Morgan fingerprint density at radius 1 is 0.302 bits per heavy atom. The Labute approximate surface area is 364 Å². The minimum atomic E-state index is 0.902. The van der Waals surface area contributed by atoms with Crippen LogP contribution in [0.25, 0.3) is 116 Å². The van der Waals surface area contributed by atoms with Crippen molar-refractivity contribution < 1.29 is 0 Å². The van der Waals surface area contributed by atoms with E-state index in [4.69, 9.17) is 9.97 Å². The van der Waals surface area contributed by atoms with E-state index >= 15 is 0 Å². The molecule has 12 rings (SSSR count). The number of hydrogen-bond donors (Lipinski definition) is 0. The summed E-state index contributed by atoms with van der Waals surface area (Å²) >= 11 is 0. The lowest BCUT2D eigenvalue weighted by molar-refractivity contribution is 1.18. The first-order valence-corrected chi connectivity index (χ1v) is 21.2. The van der Waals surface area contributed by atoms with Gasteiger partial charge in [-0.3, -0.25) is 9.97 Å². The monoisotopic (exact) mass is 803 g/mol. The summed E-state index contributed by atoms with van der Waals surface area (Å²) < 4.78 is 2.39. The van der Waals surface area contributed by atoms with Crippen molar-refractivity contribution in [3.63, 3.8) is 0 Å². The number of hydrogen-bond acceptors (Lipinski definition) is 4. The van der Waals surface area contributed by atoms with Crippen molar-refractivity contribution in [2.45, 2.75) is 0 Å². The van der Waals surface area contributed by atoms with E-state index in [9.17, 15) is 0 Å². The molecule has 7 aromatic carbocycles. The van der Waals surface area contributed by atoms with Gasteiger partial charge in [0.1, 0.15) is 0 Å². The molecular weight excluding hydrogens is 767 g/mol. The van der Waals surface area contributed by atoms with Crippen molar-refractivity contribution in [1.82, 2.24) is 24.5 Å². The number of pyridine rings is 4. The Balaban J connectivity index is 1.03. The Hall–Kier alpha value is -8.54. The fraction of sp³-hybridized carbons (Fsp3) is 0. The highest BCUT2D eigenvalue weighted by Gasteiger charge is 2.20. The van der Waals surface area contributed by atoms with Crippen LogP contribution in [0.4, 0.5) is 0 Å². The SMILES string of the molecule is c1ccc(-n2c3ccccc3c3c4c(ccc32)c(-c2cccc(-c3cc(-c5ccc(-c6ccncc6)cc5)nc(-c5ccc(-c6ccncc6)cc5)c3)c2)nc2ccccc24)cc1. The van der Waals surface area contributed by atoms with Gasteiger partial charge in [-0.1, -0.05) is 127 Å². The summed E-state index contributed by atoms with van der Waals surface area (Å²) in [5, 5.41) is 5.92. The molecule has 5 heterocycles. The molecule has 0 aliphatic carbocycles. The van der Waals surface area contributed by atoms with Crippen molar-refractivity contribution in [3.8, 4) is 72.8 Å². The highest BCUT2D eigenvalue weighted by atomic mass is 15.0. The lowest BCUT2D eigenvalue weighted by atomic mass is 9.94. The smallest absolute Gasteiger partial charge is 0.0788 e. The number of rotatable bonds is 7.